The Morgan fingerprint density at radius 2 is 1.82 bits per heavy atom. The van der Waals surface area contributed by atoms with Crippen molar-refractivity contribution in [2.45, 2.75) is 70.5 Å². The van der Waals surface area contributed by atoms with Crippen LogP contribution in [0.2, 0.25) is 0 Å². The summed E-state index contributed by atoms with van der Waals surface area (Å²) < 4.78 is 1.94. The number of hydrogen-bond acceptors (Lipinski definition) is 3. The number of rotatable bonds is 5. The maximum atomic E-state index is 13.9. The van der Waals surface area contributed by atoms with Gasteiger partial charge in [0, 0.05) is 12.6 Å². The molecule has 1 N–H and O–H groups in total. The van der Waals surface area contributed by atoms with E-state index < -0.39 is 5.54 Å². The zero-order valence-electron chi connectivity index (χ0n) is 20.3. The molecule has 178 valence electrons. The van der Waals surface area contributed by atoms with Crippen LogP contribution in [0, 0.1) is 5.92 Å². The van der Waals surface area contributed by atoms with E-state index in [2.05, 4.69) is 36.3 Å². The topological polar surface area (TPSA) is 67.2 Å². The smallest absolute Gasteiger partial charge is 0.290 e. The van der Waals surface area contributed by atoms with Crippen LogP contribution in [0.4, 0.5) is 0 Å². The van der Waals surface area contributed by atoms with E-state index in [0.29, 0.717) is 24.8 Å². The van der Waals surface area contributed by atoms with Crippen molar-refractivity contribution >= 4 is 22.8 Å². The van der Waals surface area contributed by atoms with Gasteiger partial charge in [0.05, 0.1) is 17.6 Å². The average molecular weight is 459 g/mol. The minimum Gasteiger partial charge on any atom is -0.351 e. The Kier molecular flexibility index (Phi) is 5.92. The van der Waals surface area contributed by atoms with Crippen LogP contribution in [0.25, 0.3) is 11.0 Å². The molecule has 34 heavy (non-hydrogen) atoms. The molecule has 0 saturated heterocycles. The molecule has 4 atom stereocenters. The lowest BCUT2D eigenvalue weighted by Gasteiger charge is -2.45. The van der Waals surface area contributed by atoms with Crippen LogP contribution in [0.1, 0.15) is 68.6 Å². The fourth-order valence-electron chi connectivity index (χ4n) is 5.63. The molecule has 0 spiro atoms. The van der Waals surface area contributed by atoms with Gasteiger partial charge in [0.15, 0.2) is 5.82 Å². The summed E-state index contributed by atoms with van der Waals surface area (Å²) in [7, 11) is 0. The highest BCUT2D eigenvalue weighted by molar-refractivity contribution is 6.01. The van der Waals surface area contributed by atoms with Crippen molar-refractivity contribution in [1.82, 2.24) is 19.8 Å². The molecule has 1 aliphatic heterocycles. The fraction of sp³-hybridized carbons (Fsp3) is 0.464. The van der Waals surface area contributed by atoms with Crippen LogP contribution >= 0.6 is 0 Å². The number of imidazole rings is 1. The van der Waals surface area contributed by atoms with Gasteiger partial charge in [-0.2, -0.15) is 0 Å². The second-order valence-corrected chi connectivity index (χ2v) is 10.4. The second-order valence-electron chi connectivity index (χ2n) is 10.4. The van der Waals surface area contributed by atoms with Crippen molar-refractivity contribution in [2.75, 3.05) is 6.54 Å². The molecule has 6 nitrogen and oxygen atoms in total. The molecule has 2 heterocycles. The van der Waals surface area contributed by atoms with Gasteiger partial charge in [-0.05, 0) is 49.3 Å². The van der Waals surface area contributed by atoms with Gasteiger partial charge in [0.1, 0.15) is 5.54 Å². The first kappa shape index (κ1) is 22.6. The zero-order valence-corrected chi connectivity index (χ0v) is 20.3. The van der Waals surface area contributed by atoms with E-state index in [4.69, 9.17) is 0 Å². The highest BCUT2D eigenvalue weighted by Crippen LogP contribution is 2.33. The third kappa shape index (κ3) is 3.89. The van der Waals surface area contributed by atoms with E-state index in [1.807, 2.05) is 54.0 Å². The largest absolute Gasteiger partial charge is 0.351 e. The predicted molar refractivity (Wildman–Crippen MR) is 134 cm³/mol. The number of nitrogens with one attached hydrogen (secondary N) is 1. The monoisotopic (exact) mass is 458 g/mol. The molecular weight excluding hydrogens is 424 g/mol. The molecule has 2 amide bonds. The number of benzene rings is 2. The molecule has 2 aromatic carbocycles. The Bertz CT molecular complexity index is 1200. The normalized spacial score (nSPS) is 25.7. The lowest BCUT2D eigenvalue weighted by Crippen LogP contribution is -2.66. The first-order valence-electron chi connectivity index (χ1n) is 12.5. The zero-order chi connectivity index (χ0) is 23.9. The minimum atomic E-state index is -1.01. The average Bonchev–Trinajstić information content (AvgIpc) is 3.22. The van der Waals surface area contributed by atoms with E-state index in [-0.39, 0.29) is 23.8 Å². The molecule has 0 unspecified atom stereocenters. The van der Waals surface area contributed by atoms with Gasteiger partial charge >= 0.3 is 0 Å². The molecule has 0 radical (unpaired) electrons. The number of carbonyl (C=O) groups excluding carboxylic acids is 2. The number of carbonyl (C=O) groups is 2. The van der Waals surface area contributed by atoms with Crippen molar-refractivity contribution in [3.8, 4) is 0 Å². The van der Waals surface area contributed by atoms with Crippen molar-refractivity contribution in [2.24, 2.45) is 5.92 Å². The number of fused-ring (bicyclic) bond motifs is 3. The van der Waals surface area contributed by atoms with Crippen molar-refractivity contribution < 1.29 is 9.59 Å². The summed E-state index contributed by atoms with van der Waals surface area (Å²) in [6.45, 7) is 7.10. The van der Waals surface area contributed by atoms with Crippen LogP contribution in [0.5, 0.6) is 0 Å². The first-order valence-corrected chi connectivity index (χ1v) is 12.5. The molecule has 2 aliphatic rings. The summed E-state index contributed by atoms with van der Waals surface area (Å²) in [5.41, 5.74) is 1.82. The fourth-order valence-corrected chi connectivity index (χ4v) is 5.63. The van der Waals surface area contributed by atoms with Crippen LogP contribution in [-0.2, 0) is 11.3 Å². The highest BCUT2D eigenvalue weighted by Gasteiger charge is 2.49. The molecule has 5 rings (SSSR count). The van der Waals surface area contributed by atoms with Crippen LogP contribution in [0.3, 0.4) is 0 Å². The van der Waals surface area contributed by atoms with Crippen molar-refractivity contribution in [3.63, 3.8) is 0 Å². The third-order valence-corrected chi connectivity index (χ3v) is 7.89. The van der Waals surface area contributed by atoms with Gasteiger partial charge in [-0.3, -0.25) is 9.59 Å². The molecule has 1 saturated carbocycles. The van der Waals surface area contributed by atoms with E-state index in [1.54, 1.807) is 4.90 Å². The summed E-state index contributed by atoms with van der Waals surface area (Å²) in [6, 6.07) is 18.1. The molecule has 1 aromatic heterocycles. The third-order valence-electron chi connectivity index (χ3n) is 7.89. The first-order chi connectivity index (χ1) is 16.4. The van der Waals surface area contributed by atoms with Gasteiger partial charge in [-0.15, -0.1) is 0 Å². The van der Waals surface area contributed by atoms with E-state index in [0.717, 1.165) is 35.9 Å². The summed E-state index contributed by atoms with van der Waals surface area (Å²) in [4.78, 5) is 34.3. The predicted octanol–water partition coefficient (Wildman–Crippen LogP) is 4.75. The van der Waals surface area contributed by atoms with Crippen LogP contribution in [0.15, 0.2) is 54.6 Å². The minimum absolute atomic E-state index is 0.0664. The molecule has 3 aromatic rings. The van der Waals surface area contributed by atoms with Gasteiger partial charge in [0.2, 0.25) is 5.91 Å². The lowest BCUT2D eigenvalue weighted by molar-refractivity contribution is -0.134. The standard InChI is InChI=1S/C28H34N4O2/c1-19-11-7-8-14-22(19)30-27(34)28(3)18-31-24-16-10-9-15-23(24)29-25(31)26(33)32(28)17-20(2)21-12-5-4-6-13-21/h4-6,9-10,12-13,15-16,19-20,22H,7-8,11,14,17-18H2,1-3H3,(H,30,34)/t19-,20+,22-,28+/m0/s1. The van der Waals surface area contributed by atoms with E-state index in [9.17, 15) is 9.59 Å². The Balaban J connectivity index is 1.52. The maximum Gasteiger partial charge on any atom is 0.290 e. The number of nitrogens with zero attached hydrogens (tertiary/aromatic N) is 3. The SMILES string of the molecule is C[C@H](CN1C(=O)c2nc3ccccc3n2C[C@]1(C)C(=O)N[C@H]1CCCC[C@@H]1C)c1ccccc1. The lowest BCUT2D eigenvalue weighted by atomic mass is 9.84. The Morgan fingerprint density at radius 1 is 1.12 bits per heavy atom. The van der Waals surface area contributed by atoms with Gasteiger partial charge in [-0.1, -0.05) is 69.2 Å². The summed E-state index contributed by atoms with van der Waals surface area (Å²) in [6.07, 6.45) is 4.48. The molecule has 0 bridgehead atoms. The molecular formula is C28H34N4O2. The molecule has 1 aliphatic carbocycles. The number of para-hydroxylation sites is 2. The maximum absolute atomic E-state index is 13.9. The molecule has 6 heteroatoms. The number of amides is 2. The number of aromatic nitrogens is 2. The van der Waals surface area contributed by atoms with Crippen molar-refractivity contribution in [3.05, 3.63) is 66.0 Å². The Morgan fingerprint density at radius 3 is 2.59 bits per heavy atom. The van der Waals surface area contributed by atoms with Crippen LogP contribution < -0.4 is 5.32 Å². The van der Waals surface area contributed by atoms with E-state index >= 15 is 0 Å². The van der Waals surface area contributed by atoms with Crippen LogP contribution in [-0.4, -0.2) is 44.4 Å². The summed E-state index contributed by atoms with van der Waals surface area (Å²) in [5.74, 6) is 0.698. The quantitative estimate of drug-likeness (QED) is 0.600. The second kappa shape index (κ2) is 8.90. The van der Waals surface area contributed by atoms with Gasteiger partial charge in [-0.25, -0.2) is 4.98 Å². The highest BCUT2D eigenvalue weighted by atomic mass is 16.2. The van der Waals surface area contributed by atoms with E-state index in [1.165, 1.54) is 6.42 Å². The number of hydrogen-bond donors (Lipinski definition) is 1. The summed E-state index contributed by atoms with van der Waals surface area (Å²) in [5, 5.41) is 3.35. The molecule has 1 fully saturated rings. The Labute approximate surface area is 201 Å². The van der Waals surface area contributed by atoms with Crippen molar-refractivity contribution in [1.29, 1.82) is 0 Å². The Hall–Kier alpha value is -3.15. The summed E-state index contributed by atoms with van der Waals surface area (Å²) >= 11 is 0. The van der Waals surface area contributed by atoms with Gasteiger partial charge in [0.25, 0.3) is 5.91 Å². The van der Waals surface area contributed by atoms with Gasteiger partial charge < -0.3 is 14.8 Å².